The number of carboxylic acids is 1. The van der Waals surface area contributed by atoms with Crippen LogP contribution in [0.5, 0.6) is 0 Å². The lowest BCUT2D eigenvalue weighted by atomic mass is 9.98. The van der Waals surface area contributed by atoms with Gasteiger partial charge >= 0.3 is 5.97 Å². The van der Waals surface area contributed by atoms with Crippen molar-refractivity contribution in [3.8, 4) is 0 Å². The number of piperidine rings is 1. The number of hydrogen-bond donors (Lipinski definition) is 1. The van der Waals surface area contributed by atoms with Crippen LogP contribution in [0.4, 0.5) is 5.69 Å². The molecule has 1 atom stereocenters. The Labute approximate surface area is 150 Å². The Balaban J connectivity index is 2.03. The van der Waals surface area contributed by atoms with Crippen LogP contribution in [0, 0.1) is 23.0 Å². The fourth-order valence-electron chi connectivity index (χ4n) is 2.99. The number of rotatable bonds is 5. The van der Waals surface area contributed by atoms with Gasteiger partial charge in [0.25, 0.3) is 11.6 Å². The van der Waals surface area contributed by atoms with E-state index < -0.39 is 22.7 Å². The van der Waals surface area contributed by atoms with Gasteiger partial charge in [-0.05, 0) is 31.4 Å². The molecule has 26 heavy (non-hydrogen) atoms. The third-order valence-electron chi connectivity index (χ3n) is 4.49. The first-order chi connectivity index (χ1) is 12.2. The number of nitro groups is 1. The van der Waals surface area contributed by atoms with E-state index in [-0.39, 0.29) is 30.2 Å². The van der Waals surface area contributed by atoms with Gasteiger partial charge in [-0.15, -0.1) is 0 Å². The zero-order valence-corrected chi connectivity index (χ0v) is 14.7. The number of nitrogens with zero attached hydrogens (tertiary/aromatic N) is 3. The summed E-state index contributed by atoms with van der Waals surface area (Å²) in [6.45, 7) is 2.04. The summed E-state index contributed by atoms with van der Waals surface area (Å²) in [5.41, 5.74) is 0.631. The van der Waals surface area contributed by atoms with Gasteiger partial charge in [-0.3, -0.25) is 24.5 Å². The number of hydrogen-bond acceptors (Lipinski definition) is 5. The molecule has 1 unspecified atom stereocenters. The van der Waals surface area contributed by atoms with Crippen LogP contribution in [0.1, 0.15) is 28.8 Å². The van der Waals surface area contributed by atoms with Crippen LogP contribution in [0.15, 0.2) is 18.2 Å². The van der Waals surface area contributed by atoms with E-state index in [4.69, 9.17) is 5.11 Å². The third kappa shape index (κ3) is 4.35. The average molecular weight is 363 g/mol. The van der Waals surface area contributed by atoms with Crippen molar-refractivity contribution in [2.75, 3.05) is 26.7 Å². The molecule has 2 amide bonds. The first kappa shape index (κ1) is 19.4. The number of likely N-dealkylation sites (N-methyl/N-ethyl adjacent to an activating group) is 1. The maximum atomic E-state index is 12.5. The fraction of sp³-hybridized carbons (Fsp3) is 0.471. The highest BCUT2D eigenvalue weighted by atomic mass is 16.6. The molecule has 1 saturated heterocycles. The Bertz CT molecular complexity index is 748. The molecule has 9 heteroatoms. The number of likely N-dealkylation sites (tertiary alicyclic amines) is 1. The zero-order chi connectivity index (χ0) is 19.4. The predicted molar refractivity (Wildman–Crippen MR) is 91.7 cm³/mol. The fourth-order valence-corrected chi connectivity index (χ4v) is 2.99. The number of non-ortho nitro benzene ring substituents is 1. The van der Waals surface area contributed by atoms with Crippen molar-refractivity contribution in [2.45, 2.75) is 19.8 Å². The monoisotopic (exact) mass is 363 g/mol. The lowest BCUT2D eigenvalue weighted by Gasteiger charge is -2.32. The number of nitro benzene ring substituents is 1. The van der Waals surface area contributed by atoms with E-state index in [0.29, 0.717) is 24.9 Å². The van der Waals surface area contributed by atoms with Gasteiger partial charge in [-0.25, -0.2) is 0 Å². The van der Waals surface area contributed by atoms with Crippen molar-refractivity contribution < 1.29 is 24.4 Å². The second-order valence-electron chi connectivity index (χ2n) is 6.43. The molecule has 1 N–H and O–H groups in total. The molecular formula is C17H21N3O6. The van der Waals surface area contributed by atoms with E-state index in [2.05, 4.69) is 0 Å². The normalized spacial score (nSPS) is 16.8. The summed E-state index contributed by atoms with van der Waals surface area (Å²) in [5, 5.41) is 19.9. The number of aryl methyl sites for hydroxylation is 1. The summed E-state index contributed by atoms with van der Waals surface area (Å²) in [7, 11) is 1.47. The number of carboxylic acid groups (broad SMARTS) is 1. The lowest BCUT2D eigenvalue weighted by Crippen LogP contribution is -2.47. The maximum Gasteiger partial charge on any atom is 0.308 e. The number of benzene rings is 1. The molecule has 140 valence electrons. The van der Waals surface area contributed by atoms with E-state index in [0.717, 1.165) is 0 Å². The van der Waals surface area contributed by atoms with Gasteiger partial charge in [0, 0.05) is 37.8 Å². The minimum atomic E-state index is -0.923. The van der Waals surface area contributed by atoms with E-state index in [9.17, 15) is 24.5 Å². The summed E-state index contributed by atoms with van der Waals surface area (Å²) < 4.78 is 0. The summed E-state index contributed by atoms with van der Waals surface area (Å²) in [4.78, 5) is 49.0. The second kappa shape index (κ2) is 7.94. The van der Waals surface area contributed by atoms with Crippen LogP contribution in [0.3, 0.4) is 0 Å². The van der Waals surface area contributed by atoms with Crippen LogP contribution in [-0.2, 0) is 9.59 Å². The Morgan fingerprint density at radius 3 is 2.65 bits per heavy atom. The Hall–Kier alpha value is -2.97. The van der Waals surface area contributed by atoms with Crippen molar-refractivity contribution in [3.05, 3.63) is 39.4 Å². The Morgan fingerprint density at radius 2 is 2.08 bits per heavy atom. The van der Waals surface area contributed by atoms with Crippen LogP contribution in [0.25, 0.3) is 0 Å². The molecule has 1 aromatic carbocycles. The predicted octanol–water partition coefficient (Wildman–Crippen LogP) is 1.30. The average Bonchev–Trinajstić information content (AvgIpc) is 2.60. The minimum absolute atomic E-state index is 0.106. The van der Waals surface area contributed by atoms with Gasteiger partial charge in [0.15, 0.2) is 0 Å². The van der Waals surface area contributed by atoms with Crippen LogP contribution >= 0.6 is 0 Å². The molecule has 1 aliphatic heterocycles. The zero-order valence-electron chi connectivity index (χ0n) is 14.7. The van der Waals surface area contributed by atoms with E-state index in [1.807, 2.05) is 0 Å². The quantitative estimate of drug-likeness (QED) is 0.622. The number of carbonyl (C=O) groups excluding carboxylic acids is 2. The van der Waals surface area contributed by atoms with Crippen LogP contribution in [0.2, 0.25) is 0 Å². The van der Waals surface area contributed by atoms with Crippen molar-refractivity contribution in [1.29, 1.82) is 0 Å². The summed E-state index contributed by atoms with van der Waals surface area (Å²) >= 11 is 0. The number of carbonyl (C=O) groups is 3. The third-order valence-corrected chi connectivity index (χ3v) is 4.49. The van der Waals surface area contributed by atoms with Crippen molar-refractivity contribution in [2.24, 2.45) is 5.92 Å². The molecule has 0 radical (unpaired) electrons. The Kier molecular flexibility index (Phi) is 5.91. The number of aliphatic carboxylic acids is 1. The van der Waals surface area contributed by atoms with Crippen molar-refractivity contribution in [1.82, 2.24) is 9.80 Å². The molecule has 1 aliphatic rings. The smallest absolute Gasteiger partial charge is 0.308 e. The molecule has 0 bridgehead atoms. The van der Waals surface area contributed by atoms with Gasteiger partial charge in [-0.2, -0.15) is 0 Å². The van der Waals surface area contributed by atoms with Gasteiger partial charge in [0.05, 0.1) is 17.4 Å². The topological polar surface area (TPSA) is 121 Å². The number of amides is 2. The molecule has 1 fully saturated rings. The highest BCUT2D eigenvalue weighted by Crippen LogP contribution is 2.19. The van der Waals surface area contributed by atoms with Gasteiger partial charge in [-0.1, -0.05) is 0 Å². The minimum Gasteiger partial charge on any atom is -0.481 e. The molecule has 9 nitrogen and oxygen atoms in total. The van der Waals surface area contributed by atoms with Crippen LogP contribution < -0.4 is 0 Å². The summed E-state index contributed by atoms with van der Waals surface area (Å²) in [5.74, 6) is -2.23. The van der Waals surface area contributed by atoms with E-state index in [1.165, 1.54) is 35.0 Å². The van der Waals surface area contributed by atoms with E-state index >= 15 is 0 Å². The van der Waals surface area contributed by atoms with Crippen molar-refractivity contribution in [3.63, 3.8) is 0 Å². The molecule has 0 spiro atoms. The SMILES string of the molecule is Cc1cc([N+](=O)[O-])ccc1C(=O)N(C)CC(=O)N1CCCC(C(=O)O)C1. The van der Waals surface area contributed by atoms with Gasteiger partial charge in [0.1, 0.15) is 0 Å². The summed E-state index contributed by atoms with van der Waals surface area (Å²) in [6.07, 6.45) is 1.15. The molecule has 1 heterocycles. The maximum absolute atomic E-state index is 12.5. The first-order valence-corrected chi connectivity index (χ1v) is 8.21. The highest BCUT2D eigenvalue weighted by Gasteiger charge is 2.29. The standard InChI is InChI=1S/C17H21N3O6/c1-11-8-13(20(25)26)5-6-14(11)16(22)18(2)10-15(21)19-7-3-4-12(9-19)17(23)24/h5-6,8,12H,3-4,7,9-10H2,1-2H3,(H,23,24). The first-order valence-electron chi connectivity index (χ1n) is 8.21. The second-order valence-corrected chi connectivity index (χ2v) is 6.43. The largest absolute Gasteiger partial charge is 0.481 e. The summed E-state index contributed by atoms with van der Waals surface area (Å²) in [6, 6.07) is 3.93. The molecule has 0 aliphatic carbocycles. The highest BCUT2D eigenvalue weighted by molar-refractivity contribution is 5.97. The molecule has 2 rings (SSSR count). The molecule has 0 saturated carbocycles. The van der Waals surface area contributed by atoms with Gasteiger partial charge < -0.3 is 14.9 Å². The van der Waals surface area contributed by atoms with E-state index in [1.54, 1.807) is 6.92 Å². The molecule has 1 aromatic rings. The molecular weight excluding hydrogens is 342 g/mol. The van der Waals surface area contributed by atoms with Crippen molar-refractivity contribution >= 4 is 23.5 Å². The molecule has 0 aromatic heterocycles. The van der Waals surface area contributed by atoms with Crippen LogP contribution in [-0.4, -0.2) is 64.3 Å². The lowest BCUT2D eigenvalue weighted by molar-refractivity contribution is -0.384. The van der Waals surface area contributed by atoms with Gasteiger partial charge in [0.2, 0.25) is 5.91 Å². The Morgan fingerprint density at radius 1 is 1.38 bits per heavy atom.